The van der Waals surface area contributed by atoms with Crippen LogP contribution in [0, 0.1) is 10.1 Å². The van der Waals surface area contributed by atoms with E-state index in [1.165, 1.54) is 25.5 Å². The van der Waals surface area contributed by atoms with Gasteiger partial charge in [-0.25, -0.2) is 0 Å². The molecule has 26 heavy (non-hydrogen) atoms. The number of benzene rings is 1. The van der Waals surface area contributed by atoms with Gasteiger partial charge in [0.15, 0.2) is 5.01 Å². The van der Waals surface area contributed by atoms with Gasteiger partial charge in [-0.3, -0.25) is 24.3 Å². The Morgan fingerprint density at radius 2 is 1.92 bits per heavy atom. The molecule has 0 radical (unpaired) electrons. The third-order valence-corrected chi connectivity index (χ3v) is 5.68. The molecule has 0 N–H and O–H groups in total. The monoisotopic (exact) mass is 393 g/mol. The Kier molecular flexibility index (Phi) is 4.97. The van der Waals surface area contributed by atoms with E-state index in [9.17, 15) is 18.5 Å². The quantitative estimate of drug-likeness (QED) is 0.351. The summed E-state index contributed by atoms with van der Waals surface area (Å²) in [5.41, 5.74) is 0.302. The van der Waals surface area contributed by atoms with Crippen molar-refractivity contribution < 1.29 is 17.5 Å². The predicted octanol–water partition coefficient (Wildman–Crippen LogP) is 2.37. The first-order valence-corrected chi connectivity index (χ1v) is 9.37. The molecule has 10 nitrogen and oxygen atoms in total. The topological polar surface area (TPSA) is 138 Å². The normalized spacial score (nSPS) is 12.7. The summed E-state index contributed by atoms with van der Waals surface area (Å²) in [5, 5.41) is 19.4. The molecule has 134 valence electrons. The maximum Gasteiger partial charge on any atom is 0.297 e. The van der Waals surface area contributed by atoms with E-state index in [0.717, 1.165) is 35.6 Å². The van der Waals surface area contributed by atoms with Crippen LogP contribution in [0.5, 0.6) is 0 Å². The number of non-ortho nitro benzene ring substituents is 1. The van der Waals surface area contributed by atoms with Crippen LogP contribution in [0.3, 0.4) is 0 Å². The van der Waals surface area contributed by atoms with Gasteiger partial charge in [0.2, 0.25) is 0 Å². The van der Waals surface area contributed by atoms with Gasteiger partial charge in [-0.15, -0.1) is 10.2 Å². The van der Waals surface area contributed by atoms with Crippen molar-refractivity contribution in [1.82, 2.24) is 20.2 Å². The summed E-state index contributed by atoms with van der Waals surface area (Å²) in [6, 6.07) is 4.42. The summed E-state index contributed by atoms with van der Waals surface area (Å²) in [6.07, 6.45) is 3.66. The van der Waals surface area contributed by atoms with Gasteiger partial charge >= 0.3 is 0 Å². The van der Waals surface area contributed by atoms with E-state index in [1.54, 1.807) is 0 Å². The number of nitrogens with zero attached hydrogens (tertiary/aromatic N) is 5. The average molecular weight is 393 g/mol. The number of aromatic nitrogens is 4. The maximum absolute atomic E-state index is 12.3. The second kappa shape index (κ2) is 7.19. The van der Waals surface area contributed by atoms with Crippen LogP contribution in [-0.2, 0) is 14.3 Å². The van der Waals surface area contributed by atoms with Crippen LogP contribution in [0.25, 0.3) is 10.7 Å². The number of nitro groups is 1. The van der Waals surface area contributed by atoms with Crippen molar-refractivity contribution in [2.75, 3.05) is 0 Å². The summed E-state index contributed by atoms with van der Waals surface area (Å²) < 4.78 is 29.8. The lowest BCUT2D eigenvalue weighted by atomic mass is 10.3. The average Bonchev–Trinajstić information content (AvgIpc) is 3.12. The van der Waals surface area contributed by atoms with Gasteiger partial charge < -0.3 is 0 Å². The molecule has 0 aliphatic carbocycles. The molecule has 0 saturated heterocycles. The van der Waals surface area contributed by atoms with E-state index < -0.39 is 21.1 Å². The van der Waals surface area contributed by atoms with Gasteiger partial charge in [0.1, 0.15) is 16.8 Å². The molecule has 0 aliphatic rings. The van der Waals surface area contributed by atoms with E-state index in [2.05, 4.69) is 20.2 Å². The minimum Gasteiger partial charge on any atom is -0.261 e. The van der Waals surface area contributed by atoms with Gasteiger partial charge in [0.25, 0.3) is 15.8 Å². The zero-order valence-electron chi connectivity index (χ0n) is 13.2. The van der Waals surface area contributed by atoms with Crippen molar-refractivity contribution >= 4 is 27.1 Å². The van der Waals surface area contributed by atoms with Gasteiger partial charge in [0, 0.05) is 24.5 Å². The second-order valence-electron chi connectivity index (χ2n) is 4.98. The first kappa shape index (κ1) is 18.0. The minimum atomic E-state index is -4.12. The molecule has 2 aromatic heterocycles. The minimum absolute atomic E-state index is 0.186. The molecule has 0 aliphatic heterocycles. The van der Waals surface area contributed by atoms with Crippen LogP contribution >= 0.6 is 11.3 Å². The van der Waals surface area contributed by atoms with Gasteiger partial charge in [-0.2, -0.15) is 8.42 Å². The molecular weight excluding hydrogens is 382 g/mol. The van der Waals surface area contributed by atoms with Crippen LogP contribution in [-0.4, -0.2) is 33.5 Å². The number of hydrogen-bond donors (Lipinski definition) is 0. The van der Waals surface area contributed by atoms with Crippen molar-refractivity contribution in [1.29, 1.82) is 0 Å². The fourth-order valence-corrected chi connectivity index (χ4v) is 3.83. The lowest BCUT2D eigenvalue weighted by Gasteiger charge is -2.10. The Morgan fingerprint density at radius 3 is 2.54 bits per heavy atom. The van der Waals surface area contributed by atoms with E-state index >= 15 is 0 Å². The second-order valence-corrected chi connectivity index (χ2v) is 7.56. The molecule has 1 unspecified atom stereocenters. The lowest BCUT2D eigenvalue weighted by Crippen LogP contribution is -2.10. The van der Waals surface area contributed by atoms with Gasteiger partial charge in [-0.05, 0) is 19.1 Å². The Morgan fingerprint density at radius 1 is 1.19 bits per heavy atom. The summed E-state index contributed by atoms with van der Waals surface area (Å²) in [5.74, 6) is 0. The molecule has 0 amide bonds. The van der Waals surface area contributed by atoms with Crippen molar-refractivity contribution in [2.24, 2.45) is 0 Å². The Labute approximate surface area is 151 Å². The fourth-order valence-electron chi connectivity index (χ4n) is 1.93. The molecular formula is C14H11N5O5S2. The maximum atomic E-state index is 12.3. The number of nitro benzene ring substituents is 1. The molecule has 2 heterocycles. The molecule has 1 aromatic carbocycles. The molecule has 3 rings (SSSR count). The van der Waals surface area contributed by atoms with E-state index in [-0.39, 0.29) is 10.6 Å². The van der Waals surface area contributed by atoms with Crippen LogP contribution in [0.15, 0.2) is 47.8 Å². The highest BCUT2D eigenvalue weighted by molar-refractivity contribution is 7.86. The molecule has 0 spiro atoms. The molecule has 0 fully saturated rings. The zero-order valence-corrected chi connectivity index (χ0v) is 14.8. The molecule has 3 aromatic rings. The summed E-state index contributed by atoms with van der Waals surface area (Å²) >= 11 is 1.13. The highest BCUT2D eigenvalue weighted by Gasteiger charge is 2.24. The number of rotatable bonds is 6. The Bertz CT molecular complexity index is 1020. The van der Waals surface area contributed by atoms with Crippen LogP contribution in [0.1, 0.15) is 18.0 Å². The third kappa shape index (κ3) is 3.87. The Hall–Kier alpha value is -2.83. The van der Waals surface area contributed by atoms with Crippen LogP contribution in [0.4, 0.5) is 5.69 Å². The zero-order chi connectivity index (χ0) is 18.7. The van der Waals surface area contributed by atoms with E-state index in [4.69, 9.17) is 4.18 Å². The summed E-state index contributed by atoms with van der Waals surface area (Å²) in [4.78, 5) is 17.9. The van der Waals surface area contributed by atoms with Crippen molar-refractivity contribution in [3.8, 4) is 10.7 Å². The molecule has 0 bridgehead atoms. The van der Waals surface area contributed by atoms with E-state index in [0.29, 0.717) is 15.7 Å². The Balaban J connectivity index is 1.77. The van der Waals surface area contributed by atoms with Gasteiger partial charge in [0.05, 0.1) is 16.0 Å². The standard InChI is InChI=1S/C14H11N5O5S2/c1-9(13-17-18-14(25-13)12-8-15-6-7-16-12)24-26(22,23)11-4-2-10(3-5-11)19(20)21/h2-9H,1H3. The summed E-state index contributed by atoms with van der Waals surface area (Å²) in [6.45, 7) is 1.52. The fraction of sp³-hybridized carbons (Fsp3) is 0.143. The van der Waals surface area contributed by atoms with Crippen molar-refractivity contribution in [3.63, 3.8) is 0 Å². The van der Waals surface area contributed by atoms with Crippen molar-refractivity contribution in [2.45, 2.75) is 17.9 Å². The lowest BCUT2D eigenvalue weighted by molar-refractivity contribution is -0.384. The van der Waals surface area contributed by atoms with Crippen LogP contribution in [0.2, 0.25) is 0 Å². The molecule has 0 saturated carbocycles. The van der Waals surface area contributed by atoms with Crippen molar-refractivity contribution in [3.05, 3.63) is 58.0 Å². The SMILES string of the molecule is CC(OS(=O)(=O)c1ccc([N+](=O)[O-])cc1)c1nnc(-c2cnccn2)s1. The first-order valence-electron chi connectivity index (χ1n) is 7.14. The first-order chi connectivity index (χ1) is 12.4. The number of hydrogen-bond acceptors (Lipinski definition) is 10. The third-order valence-electron chi connectivity index (χ3n) is 3.18. The van der Waals surface area contributed by atoms with Crippen LogP contribution < -0.4 is 0 Å². The summed E-state index contributed by atoms with van der Waals surface area (Å²) in [7, 11) is -4.12. The molecule has 1 atom stereocenters. The largest absolute Gasteiger partial charge is 0.297 e. The predicted molar refractivity (Wildman–Crippen MR) is 90.7 cm³/mol. The van der Waals surface area contributed by atoms with E-state index in [1.807, 2.05) is 0 Å². The van der Waals surface area contributed by atoms with Gasteiger partial charge in [-0.1, -0.05) is 11.3 Å². The smallest absolute Gasteiger partial charge is 0.261 e. The molecule has 12 heteroatoms. The highest BCUT2D eigenvalue weighted by Crippen LogP contribution is 2.29. The highest BCUT2D eigenvalue weighted by atomic mass is 32.2.